The second kappa shape index (κ2) is 8.53. The molecular weight excluding hydrogens is 242 g/mol. The zero-order valence-corrected chi connectivity index (χ0v) is 11.7. The minimum absolute atomic E-state index is 0.280. The van der Waals surface area contributed by atoms with Crippen LogP contribution >= 0.6 is 0 Å². The number of aliphatic carboxylic acids is 1. The van der Waals surface area contributed by atoms with Crippen molar-refractivity contribution >= 4 is 5.97 Å². The van der Waals surface area contributed by atoms with E-state index in [9.17, 15) is 4.79 Å². The molecule has 1 aromatic rings. The summed E-state index contributed by atoms with van der Waals surface area (Å²) in [6.45, 7) is 5.99. The molecule has 19 heavy (non-hydrogen) atoms. The van der Waals surface area contributed by atoms with Crippen LogP contribution in [0.2, 0.25) is 0 Å². The lowest BCUT2D eigenvalue weighted by Gasteiger charge is -2.08. The molecule has 0 amide bonds. The van der Waals surface area contributed by atoms with Gasteiger partial charge in [0.05, 0.1) is 12.5 Å². The average Bonchev–Trinajstić information content (AvgIpc) is 2.40. The maximum absolute atomic E-state index is 10.6. The van der Waals surface area contributed by atoms with E-state index in [0.717, 1.165) is 25.3 Å². The first-order valence-corrected chi connectivity index (χ1v) is 6.78. The summed E-state index contributed by atoms with van der Waals surface area (Å²) in [5, 5.41) is 12.0. The molecule has 0 aliphatic rings. The number of hydrogen-bond acceptors (Lipinski definition) is 3. The number of benzene rings is 1. The third-order valence-electron chi connectivity index (χ3n) is 3.00. The van der Waals surface area contributed by atoms with Gasteiger partial charge >= 0.3 is 5.97 Å². The van der Waals surface area contributed by atoms with Crippen LogP contribution in [-0.2, 0) is 11.2 Å². The van der Waals surface area contributed by atoms with Crippen molar-refractivity contribution in [1.29, 1.82) is 0 Å². The van der Waals surface area contributed by atoms with Crippen molar-refractivity contribution in [3.63, 3.8) is 0 Å². The Kier molecular flexibility index (Phi) is 6.97. The van der Waals surface area contributed by atoms with Crippen molar-refractivity contribution in [2.45, 2.75) is 26.7 Å². The predicted molar refractivity (Wildman–Crippen MR) is 75.6 cm³/mol. The number of hydrogen-bond donors (Lipinski definition) is 2. The van der Waals surface area contributed by atoms with Gasteiger partial charge in [0.25, 0.3) is 0 Å². The van der Waals surface area contributed by atoms with Gasteiger partial charge < -0.3 is 15.2 Å². The second-order valence-corrected chi connectivity index (χ2v) is 4.60. The number of ether oxygens (including phenoxy) is 1. The Labute approximate surface area is 114 Å². The molecule has 1 rings (SSSR count). The molecule has 0 saturated heterocycles. The molecule has 0 radical (unpaired) electrons. The van der Waals surface area contributed by atoms with E-state index in [1.54, 1.807) is 6.92 Å². The number of carbonyl (C=O) groups is 1. The number of nitrogens with one attached hydrogen (secondary N) is 1. The third-order valence-corrected chi connectivity index (χ3v) is 3.00. The van der Waals surface area contributed by atoms with Gasteiger partial charge in [0.1, 0.15) is 5.75 Å². The summed E-state index contributed by atoms with van der Waals surface area (Å²) in [6, 6.07) is 8.08. The quantitative estimate of drug-likeness (QED) is 0.673. The fourth-order valence-corrected chi connectivity index (χ4v) is 1.72. The second-order valence-electron chi connectivity index (χ2n) is 4.60. The predicted octanol–water partition coefficient (Wildman–Crippen LogP) is 2.33. The molecule has 1 aromatic carbocycles. The van der Waals surface area contributed by atoms with Crippen molar-refractivity contribution in [3.8, 4) is 5.75 Å². The van der Waals surface area contributed by atoms with Crippen LogP contribution in [0.3, 0.4) is 0 Å². The molecule has 2 N–H and O–H groups in total. The van der Waals surface area contributed by atoms with Crippen molar-refractivity contribution in [3.05, 3.63) is 29.8 Å². The minimum Gasteiger partial charge on any atom is -0.494 e. The van der Waals surface area contributed by atoms with E-state index in [1.165, 1.54) is 5.56 Å². The molecule has 0 aromatic heterocycles. The van der Waals surface area contributed by atoms with Gasteiger partial charge in [0.2, 0.25) is 0 Å². The number of carboxylic acid groups (broad SMARTS) is 1. The molecule has 0 bridgehead atoms. The molecule has 0 fully saturated rings. The highest BCUT2D eigenvalue weighted by molar-refractivity contribution is 5.69. The first-order chi connectivity index (χ1) is 9.13. The highest BCUT2D eigenvalue weighted by Crippen LogP contribution is 2.12. The topological polar surface area (TPSA) is 58.6 Å². The summed E-state index contributed by atoms with van der Waals surface area (Å²) >= 11 is 0. The molecule has 0 saturated carbocycles. The number of carboxylic acids is 1. The molecular formula is C15H23NO3. The smallest absolute Gasteiger partial charge is 0.306 e. The molecule has 4 nitrogen and oxygen atoms in total. The van der Waals surface area contributed by atoms with Gasteiger partial charge in [0.15, 0.2) is 0 Å². The summed E-state index contributed by atoms with van der Waals surface area (Å²) in [5.74, 6) is -0.110. The Morgan fingerprint density at radius 2 is 2.00 bits per heavy atom. The van der Waals surface area contributed by atoms with Gasteiger partial charge in [0, 0.05) is 0 Å². The van der Waals surface area contributed by atoms with Gasteiger partial charge in [-0.3, -0.25) is 4.79 Å². The summed E-state index contributed by atoms with van der Waals surface area (Å²) in [5.41, 5.74) is 1.25. The fourth-order valence-electron chi connectivity index (χ4n) is 1.72. The summed E-state index contributed by atoms with van der Waals surface area (Å²) in [7, 11) is 0. The van der Waals surface area contributed by atoms with E-state index in [0.29, 0.717) is 13.0 Å². The van der Waals surface area contributed by atoms with Gasteiger partial charge in [-0.15, -0.1) is 0 Å². The van der Waals surface area contributed by atoms with E-state index in [4.69, 9.17) is 9.84 Å². The standard InChI is InChI=1S/C15H23NO3/c1-3-19-14-6-4-13(5-7-14)9-11-16-10-8-12(2)15(17)18/h4-7,12,16H,3,8-11H2,1-2H3,(H,17,18). The van der Waals surface area contributed by atoms with Crippen LogP contribution in [0.25, 0.3) is 0 Å². The van der Waals surface area contributed by atoms with E-state index in [2.05, 4.69) is 17.4 Å². The van der Waals surface area contributed by atoms with E-state index >= 15 is 0 Å². The van der Waals surface area contributed by atoms with Crippen LogP contribution < -0.4 is 10.1 Å². The maximum Gasteiger partial charge on any atom is 0.306 e. The lowest BCUT2D eigenvalue weighted by Crippen LogP contribution is -2.22. The Morgan fingerprint density at radius 1 is 1.32 bits per heavy atom. The molecule has 1 atom stereocenters. The molecule has 106 valence electrons. The summed E-state index contributed by atoms with van der Waals surface area (Å²) < 4.78 is 5.38. The van der Waals surface area contributed by atoms with Crippen LogP contribution in [0.1, 0.15) is 25.8 Å². The third kappa shape index (κ3) is 6.25. The van der Waals surface area contributed by atoms with Crippen LogP contribution in [0.4, 0.5) is 0 Å². The normalized spacial score (nSPS) is 12.1. The largest absolute Gasteiger partial charge is 0.494 e. The SMILES string of the molecule is CCOc1ccc(CCNCCC(C)C(=O)O)cc1. The van der Waals surface area contributed by atoms with Crippen LogP contribution in [0, 0.1) is 5.92 Å². The van der Waals surface area contributed by atoms with E-state index < -0.39 is 5.97 Å². The van der Waals surface area contributed by atoms with Crippen molar-refractivity contribution in [2.24, 2.45) is 5.92 Å². The van der Waals surface area contributed by atoms with E-state index in [1.807, 2.05) is 19.1 Å². The summed E-state index contributed by atoms with van der Waals surface area (Å²) in [4.78, 5) is 10.6. The molecule has 0 spiro atoms. The maximum atomic E-state index is 10.6. The zero-order valence-electron chi connectivity index (χ0n) is 11.7. The van der Waals surface area contributed by atoms with Gasteiger partial charge in [-0.2, -0.15) is 0 Å². The molecule has 4 heteroatoms. The lowest BCUT2D eigenvalue weighted by molar-refractivity contribution is -0.141. The first-order valence-electron chi connectivity index (χ1n) is 6.78. The first kappa shape index (κ1) is 15.5. The lowest BCUT2D eigenvalue weighted by atomic mass is 10.1. The Morgan fingerprint density at radius 3 is 2.58 bits per heavy atom. The Bertz CT molecular complexity index is 375. The van der Waals surface area contributed by atoms with E-state index in [-0.39, 0.29) is 5.92 Å². The van der Waals surface area contributed by atoms with Gasteiger partial charge in [-0.1, -0.05) is 19.1 Å². The minimum atomic E-state index is -0.728. The Hall–Kier alpha value is -1.55. The van der Waals surface area contributed by atoms with Gasteiger partial charge in [-0.05, 0) is 50.6 Å². The molecule has 1 unspecified atom stereocenters. The van der Waals surface area contributed by atoms with Crippen LogP contribution in [-0.4, -0.2) is 30.8 Å². The van der Waals surface area contributed by atoms with Crippen molar-refractivity contribution in [1.82, 2.24) is 5.32 Å². The average molecular weight is 265 g/mol. The fraction of sp³-hybridized carbons (Fsp3) is 0.533. The van der Waals surface area contributed by atoms with Crippen LogP contribution in [0.15, 0.2) is 24.3 Å². The van der Waals surface area contributed by atoms with Crippen molar-refractivity contribution < 1.29 is 14.6 Å². The summed E-state index contributed by atoms with van der Waals surface area (Å²) in [6.07, 6.45) is 1.60. The van der Waals surface area contributed by atoms with Gasteiger partial charge in [-0.25, -0.2) is 0 Å². The number of rotatable bonds is 9. The zero-order chi connectivity index (χ0) is 14.1. The van der Waals surface area contributed by atoms with Crippen LogP contribution in [0.5, 0.6) is 5.75 Å². The highest BCUT2D eigenvalue weighted by atomic mass is 16.5. The molecule has 0 heterocycles. The molecule has 0 aliphatic carbocycles. The monoisotopic (exact) mass is 265 g/mol. The Balaban J connectivity index is 2.17. The highest BCUT2D eigenvalue weighted by Gasteiger charge is 2.09. The molecule has 0 aliphatic heterocycles. The van der Waals surface area contributed by atoms with Crippen molar-refractivity contribution in [2.75, 3.05) is 19.7 Å².